The Morgan fingerprint density at radius 1 is 1.40 bits per heavy atom. The summed E-state index contributed by atoms with van der Waals surface area (Å²) in [6, 6.07) is 2.82. The minimum atomic E-state index is -0.492. The van der Waals surface area contributed by atoms with Gasteiger partial charge in [0, 0.05) is 12.6 Å². The molecule has 0 unspecified atom stereocenters. The molecule has 106 valence electrons. The number of rotatable bonds is 6. The van der Waals surface area contributed by atoms with Gasteiger partial charge in [-0.15, -0.1) is 0 Å². The van der Waals surface area contributed by atoms with Crippen LogP contribution in [0.1, 0.15) is 26.2 Å². The smallest absolute Gasteiger partial charge is 0.293 e. The van der Waals surface area contributed by atoms with E-state index in [0.29, 0.717) is 17.7 Å². The zero-order chi connectivity index (χ0) is 14.5. The molecule has 20 heavy (non-hydrogen) atoms. The molecule has 0 aliphatic heterocycles. The van der Waals surface area contributed by atoms with Gasteiger partial charge in [-0.1, -0.05) is 19.8 Å². The maximum absolute atomic E-state index is 11.6. The van der Waals surface area contributed by atoms with Crippen molar-refractivity contribution < 1.29 is 4.92 Å². The first-order valence-corrected chi connectivity index (χ1v) is 6.53. The van der Waals surface area contributed by atoms with Gasteiger partial charge in [-0.05, 0) is 12.5 Å². The number of anilines is 1. The van der Waals surface area contributed by atoms with Gasteiger partial charge >= 0.3 is 0 Å². The Balaban J connectivity index is 2.39. The average molecular weight is 276 g/mol. The van der Waals surface area contributed by atoms with Crippen molar-refractivity contribution in [3.63, 3.8) is 0 Å². The fourth-order valence-corrected chi connectivity index (χ4v) is 1.99. The molecule has 0 bridgehead atoms. The van der Waals surface area contributed by atoms with Crippen LogP contribution < -0.4 is 10.9 Å². The minimum Gasteiger partial charge on any atom is -0.379 e. The Bertz CT molecular complexity index is 681. The van der Waals surface area contributed by atoms with Gasteiger partial charge in [0.25, 0.3) is 11.2 Å². The van der Waals surface area contributed by atoms with E-state index in [1.165, 1.54) is 12.4 Å². The van der Waals surface area contributed by atoms with Crippen molar-refractivity contribution in [2.24, 2.45) is 0 Å². The lowest BCUT2D eigenvalue weighted by molar-refractivity contribution is -0.383. The first kappa shape index (κ1) is 14.0. The van der Waals surface area contributed by atoms with Crippen molar-refractivity contribution in [1.29, 1.82) is 0 Å². The van der Waals surface area contributed by atoms with Gasteiger partial charge < -0.3 is 10.3 Å². The molecule has 0 amide bonds. The summed E-state index contributed by atoms with van der Waals surface area (Å²) in [7, 11) is 0. The maximum atomic E-state index is 11.6. The number of hydrogen-bond donors (Lipinski definition) is 2. The number of H-pyrrole nitrogens is 1. The minimum absolute atomic E-state index is 0.104. The number of aromatic amines is 1. The van der Waals surface area contributed by atoms with Crippen LogP contribution in [0.5, 0.6) is 0 Å². The van der Waals surface area contributed by atoms with Crippen LogP contribution in [0.3, 0.4) is 0 Å². The van der Waals surface area contributed by atoms with E-state index in [9.17, 15) is 14.9 Å². The Labute approximate surface area is 115 Å². The molecule has 0 aliphatic rings. The van der Waals surface area contributed by atoms with Crippen molar-refractivity contribution >= 4 is 22.3 Å². The molecular formula is C13H16N4O3. The monoisotopic (exact) mass is 276 g/mol. The van der Waals surface area contributed by atoms with Crippen LogP contribution in [0.15, 0.2) is 23.3 Å². The van der Waals surface area contributed by atoms with Crippen molar-refractivity contribution in [2.75, 3.05) is 11.9 Å². The van der Waals surface area contributed by atoms with Crippen molar-refractivity contribution in [3.05, 3.63) is 38.9 Å². The van der Waals surface area contributed by atoms with Gasteiger partial charge in [-0.2, -0.15) is 0 Å². The lowest BCUT2D eigenvalue weighted by Gasteiger charge is -2.07. The van der Waals surface area contributed by atoms with Crippen LogP contribution in [0.2, 0.25) is 0 Å². The SMILES string of the molecule is CCCCCNc1cc2nc[nH]c(=O)c2cc1[N+](=O)[O-]. The van der Waals surface area contributed by atoms with E-state index in [1.54, 1.807) is 6.07 Å². The lowest BCUT2D eigenvalue weighted by Crippen LogP contribution is -2.09. The molecule has 0 saturated heterocycles. The van der Waals surface area contributed by atoms with Gasteiger partial charge in [0.05, 0.1) is 22.2 Å². The molecule has 0 aliphatic carbocycles. The highest BCUT2D eigenvalue weighted by Crippen LogP contribution is 2.27. The van der Waals surface area contributed by atoms with Gasteiger partial charge in [0.2, 0.25) is 0 Å². The molecule has 0 fully saturated rings. The lowest BCUT2D eigenvalue weighted by atomic mass is 10.2. The van der Waals surface area contributed by atoms with Gasteiger partial charge in [0.15, 0.2) is 0 Å². The number of aromatic nitrogens is 2. The number of nitrogens with one attached hydrogen (secondary N) is 2. The highest BCUT2D eigenvalue weighted by molar-refractivity contribution is 5.86. The van der Waals surface area contributed by atoms with E-state index >= 15 is 0 Å². The second-order valence-corrected chi connectivity index (χ2v) is 4.51. The summed E-state index contributed by atoms with van der Waals surface area (Å²) in [6.45, 7) is 2.75. The fraction of sp³-hybridized carbons (Fsp3) is 0.385. The standard InChI is InChI=1S/C13H16N4O3/c1-2-3-4-5-14-11-7-10-9(6-12(11)17(19)20)13(18)16-8-15-10/h6-8,14H,2-5H2,1H3,(H,15,16,18). The summed E-state index contributed by atoms with van der Waals surface area (Å²) < 4.78 is 0. The molecule has 0 saturated carbocycles. The van der Waals surface area contributed by atoms with E-state index in [4.69, 9.17) is 0 Å². The number of nitro benzene ring substituents is 1. The molecule has 1 heterocycles. The molecule has 2 aromatic rings. The molecule has 0 spiro atoms. The highest BCUT2D eigenvalue weighted by atomic mass is 16.6. The van der Waals surface area contributed by atoms with E-state index in [1.807, 2.05) is 0 Å². The van der Waals surface area contributed by atoms with Gasteiger partial charge in [-0.25, -0.2) is 4.98 Å². The molecule has 1 aromatic heterocycles. The van der Waals surface area contributed by atoms with Gasteiger partial charge in [0.1, 0.15) is 5.69 Å². The normalized spacial score (nSPS) is 10.7. The van der Waals surface area contributed by atoms with E-state index in [0.717, 1.165) is 19.3 Å². The number of nitro groups is 1. The average Bonchev–Trinajstić information content (AvgIpc) is 2.43. The first-order chi connectivity index (χ1) is 9.63. The van der Waals surface area contributed by atoms with Crippen LogP contribution in [-0.4, -0.2) is 21.4 Å². The number of fused-ring (bicyclic) bond motifs is 1. The quantitative estimate of drug-likeness (QED) is 0.479. The molecule has 1 aromatic carbocycles. The summed E-state index contributed by atoms with van der Waals surface area (Å²) in [4.78, 5) is 28.7. The third-order valence-electron chi connectivity index (χ3n) is 3.05. The molecule has 2 rings (SSSR count). The van der Waals surface area contributed by atoms with Crippen molar-refractivity contribution in [1.82, 2.24) is 9.97 Å². The predicted octanol–water partition coefficient (Wildman–Crippen LogP) is 2.43. The molecule has 0 atom stereocenters. The molecule has 7 heteroatoms. The van der Waals surface area contributed by atoms with Crippen LogP contribution in [0.25, 0.3) is 10.9 Å². The number of hydrogen-bond acceptors (Lipinski definition) is 5. The second kappa shape index (κ2) is 6.14. The Hall–Kier alpha value is -2.44. The topological polar surface area (TPSA) is 101 Å². The molecular weight excluding hydrogens is 260 g/mol. The molecule has 2 N–H and O–H groups in total. The summed E-state index contributed by atoms with van der Waals surface area (Å²) >= 11 is 0. The van der Waals surface area contributed by atoms with Crippen molar-refractivity contribution in [2.45, 2.75) is 26.2 Å². The van der Waals surface area contributed by atoms with Crippen molar-refractivity contribution in [3.8, 4) is 0 Å². The van der Waals surface area contributed by atoms with Crippen LogP contribution in [-0.2, 0) is 0 Å². The third-order valence-corrected chi connectivity index (χ3v) is 3.05. The summed E-state index contributed by atoms with van der Waals surface area (Å²) in [6.07, 6.45) is 4.37. The van der Waals surface area contributed by atoms with Crippen LogP contribution in [0, 0.1) is 10.1 Å². The molecule has 0 radical (unpaired) electrons. The summed E-state index contributed by atoms with van der Waals surface area (Å²) in [5.74, 6) is 0. The fourth-order valence-electron chi connectivity index (χ4n) is 1.99. The number of nitrogens with zero attached hydrogens (tertiary/aromatic N) is 2. The summed E-state index contributed by atoms with van der Waals surface area (Å²) in [5, 5.41) is 14.4. The first-order valence-electron chi connectivity index (χ1n) is 6.53. The number of benzene rings is 1. The van der Waals surface area contributed by atoms with Crippen LogP contribution in [0.4, 0.5) is 11.4 Å². The van der Waals surface area contributed by atoms with E-state index < -0.39 is 4.92 Å². The van der Waals surface area contributed by atoms with Crippen LogP contribution >= 0.6 is 0 Å². The van der Waals surface area contributed by atoms with Gasteiger partial charge in [-0.3, -0.25) is 14.9 Å². The summed E-state index contributed by atoms with van der Waals surface area (Å²) in [5.41, 5.74) is 0.358. The Morgan fingerprint density at radius 3 is 2.90 bits per heavy atom. The second-order valence-electron chi connectivity index (χ2n) is 4.51. The van der Waals surface area contributed by atoms with E-state index in [-0.39, 0.29) is 16.6 Å². The van der Waals surface area contributed by atoms with E-state index in [2.05, 4.69) is 22.2 Å². The Kier molecular flexibility index (Phi) is 4.29. The highest BCUT2D eigenvalue weighted by Gasteiger charge is 2.16. The predicted molar refractivity (Wildman–Crippen MR) is 77.0 cm³/mol. The Morgan fingerprint density at radius 2 is 2.20 bits per heavy atom. The molecule has 7 nitrogen and oxygen atoms in total. The third kappa shape index (κ3) is 2.93. The zero-order valence-corrected chi connectivity index (χ0v) is 11.2. The largest absolute Gasteiger partial charge is 0.379 e. The maximum Gasteiger partial charge on any atom is 0.293 e. The number of unbranched alkanes of at least 4 members (excludes halogenated alkanes) is 2. The zero-order valence-electron chi connectivity index (χ0n) is 11.2.